The van der Waals surface area contributed by atoms with E-state index in [1.54, 1.807) is 13.8 Å². The number of nitrogens with one attached hydrogen (secondary N) is 1. The summed E-state index contributed by atoms with van der Waals surface area (Å²) < 4.78 is 20.6. The molecule has 0 saturated heterocycles. The van der Waals surface area contributed by atoms with Gasteiger partial charge in [0, 0.05) is 0 Å². The highest BCUT2D eigenvalue weighted by Crippen LogP contribution is 2.37. The lowest BCUT2D eigenvalue weighted by Gasteiger charge is -2.15. The van der Waals surface area contributed by atoms with Gasteiger partial charge in [0.2, 0.25) is 0 Å². The van der Waals surface area contributed by atoms with Crippen molar-refractivity contribution in [2.24, 2.45) is 0 Å². The van der Waals surface area contributed by atoms with E-state index in [1.807, 2.05) is 12.2 Å². The van der Waals surface area contributed by atoms with Gasteiger partial charge in [-0.05, 0) is 32.4 Å². The zero-order valence-electron chi connectivity index (χ0n) is 15.6. The Labute approximate surface area is 163 Å². The molecule has 0 atom stereocenters. The first-order valence-electron chi connectivity index (χ1n) is 8.65. The van der Waals surface area contributed by atoms with Gasteiger partial charge in [-0.25, -0.2) is 9.59 Å². The summed E-state index contributed by atoms with van der Waals surface area (Å²) in [4.78, 5) is 34.8. The molecule has 0 saturated carbocycles. The molecule has 0 bridgehead atoms. The third-order valence-electron chi connectivity index (χ3n) is 3.14. The lowest BCUT2D eigenvalue weighted by molar-refractivity contribution is -0.123. The summed E-state index contributed by atoms with van der Waals surface area (Å²) in [5.74, 6) is -0.943. The van der Waals surface area contributed by atoms with Crippen molar-refractivity contribution >= 4 is 29.6 Å². The topological polar surface area (TPSA) is 100 Å². The average Bonchev–Trinajstić information content (AvgIpc) is 2.62. The van der Waals surface area contributed by atoms with Crippen LogP contribution in [0.5, 0.6) is 11.5 Å². The first-order valence-corrected chi connectivity index (χ1v) is 9.03. The molecule has 1 rings (SSSR count). The van der Waals surface area contributed by atoms with E-state index in [9.17, 15) is 14.4 Å². The summed E-state index contributed by atoms with van der Waals surface area (Å²) in [5.41, 5.74) is 0.0928. The number of hydrogen-bond acceptors (Lipinski definition) is 7. The van der Waals surface area contributed by atoms with Gasteiger partial charge < -0.3 is 18.9 Å². The summed E-state index contributed by atoms with van der Waals surface area (Å²) >= 11 is 6.21. The number of amides is 2. The van der Waals surface area contributed by atoms with Crippen LogP contribution in [0.25, 0.3) is 0 Å². The van der Waals surface area contributed by atoms with Crippen LogP contribution in [-0.4, -0.2) is 44.4 Å². The van der Waals surface area contributed by atoms with Crippen LogP contribution in [-0.2, 0) is 14.3 Å². The van der Waals surface area contributed by atoms with Crippen LogP contribution in [0, 0.1) is 0 Å². The third kappa shape index (κ3) is 7.74. The summed E-state index contributed by atoms with van der Waals surface area (Å²) in [6.45, 7) is 5.70. The molecule has 0 aliphatic heterocycles. The SMILES string of the molecule is CCCCOc1c(Cl)cc(C(=O)OCC(=O)NC(=O)OCC)cc1OCC. The fourth-order valence-electron chi connectivity index (χ4n) is 1.94. The number of alkyl carbamates (subject to hydrolysis) is 1. The van der Waals surface area contributed by atoms with E-state index in [0.717, 1.165) is 12.8 Å². The van der Waals surface area contributed by atoms with Crippen LogP contribution in [0.15, 0.2) is 12.1 Å². The molecule has 150 valence electrons. The van der Waals surface area contributed by atoms with Gasteiger partial charge in [-0.15, -0.1) is 0 Å². The van der Waals surface area contributed by atoms with E-state index in [1.165, 1.54) is 12.1 Å². The standard InChI is InChI=1S/C18H24ClNO7/c1-4-7-8-26-16-13(19)9-12(10-14(16)24-5-2)17(22)27-11-15(21)20-18(23)25-6-3/h9-10H,4-8,11H2,1-3H3,(H,20,21,23). The molecule has 0 fully saturated rings. The van der Waals surface area contributed by atoms with E-state index in [-0.39, 0.29) is 17.2 Å². The van der Waals surface area contributed by atoms with Crippen LogP contribution in [0.1, 0.15) is 44.0 Å². The van der Waals surface area contributed by atoms with Crippen molar-refractivity contribution in [3.8, 4) is 11.5 Å². The van der Waals surface area contributed by atoms with Crippen LogP contribution in [0.3, 0.4) is 0 Å². The Kier molecular flexibility index (Phi) is 10.0. The number of carbonyl (C=O) groups is 3. The smallest absolute Gasteiger partial charge is 0.413 e. The first-order chi connectivity index (χ1) is 12.9. The largest absolute Gasteiger partial charge is 0.490 e. The van der Waals surface area contributed by atoms with E-state index >= 15 is 0 Å². The van der Waals surface area contributed by atoms with Crippen LogP contribution < -0.4 is 14.8 Å². The van der Waals surface area contributed by atoms with Gasteiger partial charge in [0.15, 0.2) is 18.1 Å². The Morgan fingerprint density at radius 2 is 1.78 bits per heavy atom. The molecule has 0 aromatic heterocycles. The second-order valence-electron chi connectivity index (χ2n) is 5.27. The molecule has 0 heterocycles. The zero-order chi connectivity index (χ0) is 20.2. The highest BCUT2D eigenvalue weighted by molar-refractivity contribution is 6.32. The Morgan fingerprint density at radius 1 is 1.04 bits per heavy atom. The summed E-state index contributed by atoms with van der Waals surface area (Å²) in [6.07, 6.45) is 0.898. The number of benzene rings is 1. The van der Waals surface area contributed by atoms with Gasteiger partial charge in [0.1, 0.15) is 0 Å². The van der Waals surface area contributed by atoms with Gasteiger partial charge in [0.25, 0.3) is 5.91 Å². The number of imide groups is 1. The number of halogens is 1. The van der Waals surface area contributed by atoms with Crippen molar-refractivity contribution in [3.05, 3.63) is 22.7 Å². The van der Waals surface area contributed by atoms with Crippen LogP contribution in [0.4, 0.5) is 4.79 Å². The molecule has 2 amide bonds. The van der Waals surface area contributed by atoms with E-state index in [4.69, 9.17) is 25.8 Å². The maximum Gasteiger partial charge on any atom is 0.413 e. The number of esters is 1. The minimum absolute atomic E-state index is 0.0928. The number of ether oxygens (including phenoxy) is 4. The fourth-order valence-corrected chi connectivity index (χ4v) is 2.20. The van der Waals surface area contributed by atoms with Gasteiger partial charge >= 0.3 is 12.1 Å². The Bertz CT molecular complexity index is 663. The Balaban J connectivity index is 2.78. The second kappa shape index (κ2) is 12.0. The first kappa shape index (κ1) is 22.6. The van der Waals surface area contributed by atoms with Gasteiger partial charge in [-0.1, -0.05) is 24.9 Å². The third-order valence-corrected chi connectivity index (χ3v) is 3.42. The van der Waals surface area contributed by atoms with Gasteiger partial charge in [0.05, 0.1) is 30.4 Å². The summed E-state index contributed by atoms with van der Waals surface area (Å²) in [6, 6.07) is 2.80. The lowest BCUT2D eigenvalue weighted by atomic mass is 10.2. The van der Waals surface area contributed by atoms with E-state index in [0.29, 0.717) is 24.7 Å². The molecule has 1 N–H and O–H groups in total. The molecule has 0 unspecified atom stereocenters. The molecule has 0 aliphatic carbocycles. The number of hydrogen-bond donors (Lipinski definition) is 1. The molecule has 1 aromatic rings. The number of rotatable bonds is 10. The van der Waals surface area contributed by atoms with Crippen molar-refractivity contribution in [2.45, 2.75) is 33.6 Å². The van der Waals surface area contributed by atoms with Crippen molar-refractivity contribution in [1.82, 2.24) is 5.32 Å². The van der Waals surface area contributed by atoms with E-state index < -0.39 is 24.6 Å². The van der Waals surface area contributed by atoms with Crippen molar-refractivity contribution in [2.75, 3.05) is 26.4 Å². The molecule has 27 heavy (non-hydrogen) atoms. The van der Waals surface area contributed by atoms with Gasteiger partial charge in [-0.2, -0.15) is 0 Å². The van der Waals surface area contributed by atoms with Crippen molar-refractivity contribution < 1.29 is 33.3 Å². The predicted molar refractivity (Wildman–Crippen MR) is 98.5 cm³/mol. The van der Waals surface area contributed by atoms with Gasteiger partial charge in [-0.3, -0.25) is 10.1 Å². The molecule has 0 radical (unpaired) electrons. The molecule has 8 nitrogen and oxygen atoms in total. The van der Waals surface area contributed by atoms with Crippen molar-refractivity contribution in [1.29, 1.82) is 0 Å². The average molecular weight is 402 g/mol. The zero-order valence-corrected chi connectivity index (χ0v) is 16.4. The monoisotopic (exact) mass is 401 g/mol. The predicted octanol–water partition coefficient (Wildman–Crippen LogP) is 3.35. The number of unbranched alkanes of at least 4 members (excludes halogenated alkanes) is 1. The summed E-state index contributed by atoms with van der Waals surface area (Å²) in [7, 11) is 0. The second-order valence-corrected chi connectivity index (χ2v) is 5.67. The fraction of sp³-hybridized carbons (Fsp3) is 0.500. The normalized spacial score (nSPS) is 10.1. The lowest BCUT2D eigenvalue weighted by Crippen LogP contribution is -2.34. The molecular formula is C18H24ClNO7. The summed E-state index contributed by atoms with van der Waals surface area (Å²) in [5, 5.41) is 2.11. The highest BCUT2D eigenvalue weighted by atomic mass is 35.5. The Morgan fingerprint density at radius 3 is 2.41 bits per heavy atom. The van der Waals surface area contributed by atoms with Crippen molar-refractivity contribution in [3.63, 3.8) is 0 Å². The highest BCUT2D eigenvalue weighted by Gasteiger charge is 2.18. The molecule has 0 spiro atoms. The molecule has 0 aliphatic rings. The maximum atomic E-state index is 12.2. The van der Waals surface area contributed by atoms with Crippen LogP contribution >= 0.6 is 11.6 Å². The maximum absolute atomic E-state index is 12.2. The quantitative estimate of drug-likeness (QED) is 0.474. The molecule has 9 heteroatoms. The van der Waals surface area contributed by atoms with Crippen LogP contribution in [0.2, 0.25) is 5.02 Å². The minimum atomic E-state index is -0.909. The molecule has 1 aromatic carbocycles. The van der Waals surface area contributed by atoms with E-state index in [2.05, 4.69) is 4.74 Å². The Hall–Kier alpha value is -2.48. The minimum Gasteiger partial charge on any atom is -0.490 e. The number of carbonyl (C=O) groups excluding carboxylic acids is 3. The molecular weight excluding hydrogens is 378 g/mol.